The van der Waals surface area contributed by atoms with Gasteiger partial charge in [-0.3, -0.25) is 14.6 Å². The van der Waals surface area contributed by atoms with Gasteiger partial charge < -0.3 is 14.8 Å². The summed E-state index contributed by atoms with van der Waals surface area (Å²) in [5.74, 6) is -1.70. The molecule has 0 atom stereocenters. The van der Waals surface area contributed by atoms with E-state index in [1.165, 1.54) is 22.7 Å². The van der Waals surface area contributed by atoms with E-state index in [-0.39, 0.29) is 13.2 Å². The summed E-state index contributed by atoms with van der Waals surface area (Å²) in [7, 11) is 1.87. The first-order chi connectivity index (χ1) is 17.4. The lowest BCUT2D eigenvalue weighted by atomic mass is 9.80. The zero-order valence-electron chi connectivity index (χ0n) is 19.8. The molecular weight excluding hydrogens is 498 g/mol. The van der Waals surface area contributed by atoms with Crippen LogP contribution in [0.2, 0.25) is 0 Å². The van der Waals surface area contributed by atoms with Gasteiger partial charge in [-0.1, -0.05) is 6.07 Å². The first kappa shape index (κ1) is 23.9. The molecule has 184 valence electrons. The van der Waals surface area contributed by atoms with Crippen LogP contribution in [0.4, 0.5) is 0 Å². The highest BCUT2D eigenvalue weighted by molar-refractivity contribution is 7.09. The van der Waals surface area contributed by atoms with E-state index in [0.29, 0.717) is 22.5 Å². The molecule has 5 rings (SSSR count). The molecule has 3 aromatic heterocycles. The van der Waals surface area contributed by atoms with Crippen LogP contribution < -0.4 is 5.32 Å². The van der Waals surface area contributed by atoms with Gasteiger partial charge in [-0.15, -0.1) is 22.7 Å². The predicted molar refractivity (Wildman–Crippen MR) is 136 cm³/mol. The van der Waals surface area contributed by atoms with Gasteiger partial charge in [-0.05, 0) is 31.5 Å². The van der Waals surface area contributed by atoms with Crippen LogP contribution in [-0.2, 0) is 39.3 Å². The number of aryl methyl sites for hydroxylation is 1. The second-order valence-corrected chi connectivity index (χ2v) is 10.3. The molecule has 0 bridgehead atoms. The Balaban J connectivity index is 1.53. The van der Waals surface area contributed by atoms with Crippen LogP contribution in [-0.4, -0.2) is 31.7 Å². The van der Waals surface area contributed by atoms with E-state index < -0.39 is 17.9 Å². The topological polar surface area (TPSA) is 108 Å². The standard InChI is InChI=1S/C25H23N5O4S2/c1-14-21(24(31)33-10-18-8-26-12-35-18)23(16-4-5-20-17(6-16)7-28-30(20)3)22(15(2)29-14)25(32)34-11-19-9-27-13-36-19/h4-9,12-13,23,29H,10-11H2,1-3H3. The number of hydrogen-bond donors (Lipinski definition) is 1. The highest BCUT2D eigenvalue weighted by Crippen LogP contribution is 2.40. The Bertz CT molecular complexity index is 1410. The number of nitrogens with zero attached hydrogens (tertiary/aromatic N) is 4. The third-order valence-electron chi connectivity index (χ3n) is 5.96. The number of benzene rings is 1. The molecule has 36 heavy (non-hydrogen) atoms. The van der Waals surface area contributed by atoms with Crippen LogP contribution in [0.15, 0.2) is 70.4 Å². The number of allylic oxidation sites excluding steroid dienone is 2. The minimum Gasteiger partial charge on any atom is -0.456 e. The van der Waals surface area contributed by atoms with Crippen molar-refractivity contribution in [2.75, 3.05) is 0 Å². The first-order valence-electron chi connectivity index (χ1n) is 11.1. The summed E-state index contributed by atoms with van der Waals surface area (Å²) in [5, 5.41) is 8.42. The molecule has 9 nitrogen and oxygen atoms in total. The maximum absolute atomic E-state index is 13.4. The predicted octanol–water partition coefficient (Wildman–Crippen LogP) is 4.21. The second kappa shape index (κ2) is 10.0. The molecule has 0 amide bonds. The Morgan fingerprint density at radius 2 is 1.53 bits per heavy atom. The number of carbonyl (C=O) groups excluding carboxylic acids is 2. The van der Waals surface area contributed by atoms with Crippen molar-refractivity contribution in [3.8, 4) is 0 Å². The average Bonchev–Trinajstić information content (AvgIpc) is 3.63. The van der Waals surface area contributed by atoms with Gasteiger partial charge in [0, 0.05) is 36.2 Å². The van der Waals surface area contributed by atoms with Crippen LogP contribution in [0.25, 0.3) is 10.9 Å². The largest absolute Gasteiger partial charge is 0.456 e. The molecule has 1 aromatic carbocycles. The van der Waals surface area contributed by atoms with Crippen molar-refractivity contribution in [2.45, 2.75) is 33.0 Å². The van der Waals surface area contributed by atoms with Gasteiger partial charge in [0.1, 0.15) is 13.2 Å². The molecular formula is C25H23N5O4S2. The van der Waals surface area contributed by atoms with E-state index >= 15 is 0 Å². The third-order valence-corrected chi connectivity index (χ3v) is 7.47. The van der Waals surface area contributed by atoms with E-state index in [2.05, 4.69) is 20.4 Å². The van der Waals surface area contributed by atoms with E-state index in [0.717, 1.165) is 26.2 Å². The smallest absolute Gasteiger partial charge is 0.337 e. The van der Waals surface area contributed by atoms with Crippen molar-refractivity contribution in [2.24, 2.45) is 7.05 Å². The van der Waals surface area contributed by atoms with Crippen LogP contribution in [0, 0.1) is 0 Å². The summed E-state index contributed by atoms with van der Waals surface area (Å²) >= 11 is 2.82. The van der Waals surface area contributed by atoms with Crippen LogP contribution in [0.3, 0.4) is 0 Å². The van der Waals surface area contributed by atoms with Gasteiger partial charge in [-0.2, -0.15) is 5.10 Å². The summed E-state index contributed by atoms with van der Waals surface area (Å²) < 4.78 is 13.1. The zero-order chi connectivity index (χ0) is 25.2. The summed E-state index contributed by atoms with van der Waals surface area (Å²) in [6.45, 7) is 3.81. The third kappa shape index (κ3) is 4.67. The van der Waals surface area contributed by atoms with Crippen molar-refractivity contribution < 1.29 is 19.1 Å². The number of rotatable bonds is 7. The molecule has 0 saturated carbocycles. The first-order valence-corrected chi connectivity index (χ1v) is 12.9. The number of carbonyl (C=O) groups is 2. The Morgan fingerprint density at radius 1 is 0.944 bits per heavy atom. The van der Waals surface area contributed by atoms with Gasteiger partial charge in [0.05, 0.1) is 49.6 Å². The molecule has 4 heterocycles. The molecule has 1 N–H and O–H groups in total. The number of esters is 2. The summed E-state index contributed by atoms with van der Waals surface area (Å²) in [4.78, 5) is 36.6. The summed E-state index contributed by atoms with van der Waals surface area (Å²) in [5.41, 5.74) is 7.05. The van der Waals surface area contributed by atoms with E-state index in [9.17, 15) is 9.59 Å². The van der Waals surface area contributed by atoms with Crippen molar-refractivity contribution in [3.63, 3.8) is 0 Å². The van der Waals surface area contributed by atoms with Gasteiger partial charge in [-0.25, -0.2) is 9.59 Å². The van der Waals surface area contributed by atoms with E-state index in [1.807, 2.05) is 39.1 Å². The summed E-state index contributed by atoms with van der Waals surface area (Å²) in [6, 6.07) is 5.80. The highest BCUT2D eigenvalue weighted by atomic mass is 32.1. The minimum atomic E-state index is -0.682. The van der Waals surface area contributed by atoms with Crippen molar-refractivity contribution in [1.29, 1.82) is 0 Å². The Kier molecular flexibility index (Phi) is 6.66. The molecule has 0 saturated heterocycles. The molecule has 0 aliphatic carbocycles. The molecule has 1 aliphatic heterocycles. The zero-order valence-corrected chi connectivity index (χ0v) is 21.5. The number of dihydropyridines is 1. The maximum Gasteiger partial charge on any atom is 0.337 e. The van der Waals surface area contributed by atoms with Gasteiger partial charge in [0.25, 0.3) is 0 Å². The van der Waals surface area contributed by atoms with Gasteiger partial charge in [0.2, 0.25) is 0 Å². The summed E-state index contributed by atoms with van der Waals surface area (Å²) in [6.07, 6.45) is 5.09. The lowest BCUT2D eigenvalue weighted by molar-refractivity contribution is -0.141. The molecule has 0 fully saturated rings. The molecule has 1 aliphatic rings. The van der Waals surface area contributed by atoms with Crippen LogP contribution in [0.5, 0.6) is 0 Å². The molecule has 0 radical (unpaired) electrons. The fourth-order valence-electron chi connectivity index (χ4n) is 4.29. The normalized spacial score (nSPS) is 14.3. The fraction of sp³-hybridized carbons (Fsp3) is 0.240. The number of thiazole rings is 2. The molecule has 0 spiro atoms. The quantitative estimate of drug-likeness (QED) is 0.361. The van der Waals surface area contributed by atoms with Gasteiger partial charge in [0.15, 0.2) is 0 Å². The number of aromatic nitrogens is 4. The highest BCUT2D eigenvalue weighted by Gasteiger charge is 2.38. The average molecular weight is 522 g/mol. The van der Waals surface area contributed by atoms with Crippen molar-refractivity contribution >= 4 is 45.5 Å². The van der Waals surface area contributed by atoms with Crippen molar-refractivity contribution in [1.82, 2.24) is 25.1 Å². The van der Waals surface area contributed by atoms with Crippen molar-refractivity contribution in [3.05, 3.63) is 85.7 Å². The number of hydrogen-bond acceptors (Lipinski definition) is 10. The Morgan fingerprint density at radius 3 is 2.06 bits per heavy atom. The molecule has 11 heteroatoms. The van der Waals surface area contributed by atoms with Crippen LogP contribution >= 0.6 is 22.7 Å². The number of ether oxygens (including phenoxy) is 2. The Labute approximate surface area is 215 Å². The fourth-order valence-corrected chi connectivity index (χ4v) is 5.30. The lowest BCUT2D eigenvalue weighted by Crippen LogP contribution is -2.32. The van der Waals surface area contributed by atoms with Crippen LogP contribution in [0.1, 0.15) is 35.1 Å². The van der Waals surface area contributed by atoms with E-state index in [1.54, 1.807) is 34.3 Å². The van der Waals surface area contributed by atoms with Gasteiger partial charge >= 0.3 is 11.9 Å². The SMILES string of the molecule is CC1=C(C(=O)OCc2cncs2)C(c2ccc3c(cnn3C)c2)C(C(=O)OCc2cncs2)=C(C)N1. The number of fused-ring (bicyclic) bond motifs is 1. The second-order valence-electron chi connectivity index (χ2n) is 8.31. The van der Waals surface area contributed by atoms with E-state index in [4.69, 9.17) is 9.47 Å². The molecule has 0 unspecified atom stereocenters. The minimum absolute atomic E-state index is 0.0997. The number of nitrogens with one attached hydrogen (secondary N) is 1. The lowest BCUT2D eigenvalue weighted by Gasteiger charge is -2.30. The maximum atomic E-state index is 13.4. The molecule has 4 aromatic rings. The Hall–Kier alpha value is -3.83. The monoisotopic (exact) mass is 521 g/mol.